The number of aliphatic hydroxyl groups excluding tert-OH is 1. The molecule has 0 aliphatic carbocycles. The number of anilines is 1. The molecule has 0 bridgehead atoms. The molecule has 2 unspecified atom stereocenters. The Labute approximate surface area is 188 Å². The van der Waals surface area contributed by atoms with Crippen molar-refractivity contribution in [1.82, 2.24) is 5.32 Å². The van der Waals surface area contributed by atoms with Gasteiger partial charge in [0.1, 0.15) is 0 Å². The summed E-state index contributed by atoms with van der Waals surface area (Å²) in [4.78, 5) is 11.7. The summed E-state index contributed by atoms with van der Waals surface area (Å²) < 4.78 is 40.5. The number of non-ortho nitro benzene ring substituents is 1. The second kappa shape index (κ2) is 9.36. The van der Waals surface area contributed by atoms with Gasteiger partial charge in [-0.15, -0.1) is 0 Å². The lowest BCUT2D eigenvalue weighted by molar-refractivity contribution is -0.385. The van der Waals surface area contributed by atoms with Gasteiger partial charge in [0.25, 0.3) is 5.69 Å². The first-order chi connectivity index (χ1) is 15.7. The molecule has 0 radical (unpaired) electrons. The first-order valence-corrected chi connectivity index (χ1v) is 10.7. The van der Waals surface area contributed by atoms with Gasteiger partial charge in [-0.25, -0.2) is 0 Å². The van der Waals surface area contributed by atoms with Crippen LogP contribution in [-0.2, 0) is 6.18 Å². The van der Waals surface area contributed by atoms with Crippen LogP contribution in [0.3, 0.4) is 0 Å². The number of nitrogens with one attached hydrogen (secondary N) is 1. The lowest BCUT2D eigenvalue weighted by Gasteiger charge is -2.23. The van der Waals surface area contributed by atoms with Crippen LogP contribution in [0.4, 0.5) is 24.5 Å². The molecule has 1 fully saturated rings. The molecular formula is C24H24F3N3O3. The molecule has 2 N–H and O–H groups in total. The van der Waals surface area contributed by atoms with Gasteiger partial charge < -0.3 is 15.3 Å². The molecule has 1 heterocycles. The Kier molecular flexibility index (Phi) is 6.53. The maximum Gasteiger partial charge on any atom is 0.418 e. The normalized spacial score (nSPS) is 17.5. The Bertz CT molecular complexity index is 1150. The largest absolute Gasteiger partial charge is 0.418 e. The molecule has 0 aromatic heterocycles. The zero-order valence-electron chi connectivity index (χ0n) is 17.8. The van der Waals surface area contributed by atoms with Gasteiger partial charge in [0.2, 0.25) is 0 Å². The van der Waals surface area contributed by atoms with E-state index in [4.69, 9.17) is 0 Å². The molecule has 2 atom stereocenters. The fourth-order valence-corrected chi connectivity index (χ4v) is 4.29. The highest BCUT2D eigenvalue weighted by Crippen LogP contribution is 2.39. The lowest BCUT2D eigenvalue weighted by Crippen LogP contribution is -2.34. The van der Waals surface area contributed by atoms with Gasteiger partial charge in [-0.2, -0.15) is 13.2 Å². The Hall–Kier alpha value is -3.17. The van der Waals surface area contributed by atoms with Crippen LogP contribution in [0.25, 0.3) is 10.8 Å². The number of hydrogen-bond acceptors (Lipinski definition) is 5. The van der Waals surface area contributed by atoms with E-state index in [1.54, 1.807) is 4.90 Å². The second-order valence-electron chi connectivity index (χ2n) is 8.25. The summed E-state index contributed by atoms with van der Waals surface area (Å²) in [5.41, 5.74) is -0.801. The Morgan fingerprint density at radius 3 is 2.61 bits per heavy atom. The number of alkyl halides is 3. The minimum atomic E-state index is -4.68. The maximum absolute atomic E-state index is 13.5. The number of hydrogen-bond donors (Lipinski definition) is 2. The number of aliphatic hydroxyl groups is 1. The number of nitro groups is 1. The molecular weight excluding hydrogens is 435 g/mol. The van der Waals surface area contributed by atoms with Crippen molar-refractivity contribution in [2.75, 3.05) is 24.5 Å². The number of benzene rings is 3. The molecule has 1 aliphatic rings. The molecule has 0 amide bonds. The Balaban J connectivity index is 1.35. The van der Waals surface area contributed by atoms with E-state index >= 15 is 0 Å². The second-order valence-corrected chi connectivity index (χ2v) is 8.25. The summed E-state index contributed by atoms with van der Waals surface area (Å²) in [7, 11) is 0. The number of nitro benzene ring substituents is 1. The summed E-state index contributed by atoms with van der Waals surface area (Å²) in [5.74, 6) is 0. The van der Waals surface area contributed by atoms with Gasteiger partial charge in [0.05, 0.1) is 16.6 Å². The first-order valence-electron chi connectivity index (χ1n) is 10.7. The zero-order chi connectivity index (χ0) is 23.6. The highest BCUT2D eigenvalue weighted by molar-refractivity contribution is 5.83. The van der Waals surface area contributed by atoms with Gasteiger partial charge in [-0.05, 0) is 47.9 Å². The number of fused-ring (bicyclic) bond motifs is 1. The van der Waals surface area contributed by atoms with Gasteiger partial charge in [-0.3, -0.25) is 10.1 Å². The predicted octanol–water partition coefficient (Wildman–Crippen LogP) is 5.06. The molecule has 3 aromatic rings. The summed E-state index contributed by atoms with van der Waals surface area (Å²) in [5, 5.41) is 26.9. The van der Waals surface area contributed by atoms with E-state index in [0.717, 1.165) is 22.4 Å². The molecule has 4 rings (SSSR count). The van der Waals surface area contributed by atoms with Crippen LogP contribution in [0.1, 0.15) is 30.1 Å². The molecule has 0 saturated carbocycles. The number of rotatable bonds is 7. The first kappa shape index (κ1) is 23.0. The summed E-state index contributed by atoms with van der Waals surface area (Å²) in [6.45, 7) is 1.28. The predicted molar refractivity (Wildman–Crippen MR) is 120 cm³/mol. The molecule has 174 valence electrons. The molecule has 9 heteroatoms. The molecule has 6 nitrogen and oxygen atoms in total. The van der Waals surface area contributed by atoms with Crippen molar-refractivity contribution in [3.63, 3.8) is 0 Å². The number of halogens is 3. The van der Waals surface area contributed by atoms with Crippen LogP contribution >= 0.6 is 0 Å². The minimum absolute atomic E-state index is 0.0370. The topological polar surface area (TPSA) is 78.6 Å². The lowest BCUT2D eigenvalue weighted by atomic mass is 10.0. The van der Waals surface area contributed by atoms with Crippen LogP contribution in [0.5, 0.6) is 0 Å². The third-order valence-corrected chi connectivity index (χ3v) is 6.03. The van der Waals surface area contributed by atoms with Crippen LogP contribution < -0.4 is 10.2 Å². The van der Waals surface area contributed by atoms with Gasteiger partial charge in [0, 0.05) is 37.0 Å². The molecule has 1 saturated heterocycles. The van der Waals surface area contributed by atoms with Crippen molar-refractivity contribution in [2.45, 2.75) is 31.2 Å². The highest BCUT2D eigenvalue weighted by Gasteiger charge is 2.38. The monoisotopic (exact) mass is 459 g/mol. The van der Waals surface area contributed by atoms with Crippen molar-refractivity contribution in [1.29, 1.82) is 0 Å². The third-order valence-electron chi connectivity index (χ3n) is 6.03. The van der Waals surface area contributed by atoms with Crippen LogP contribution in [0.2, 0.25) is 0 Å². The smallest absolute Gasteiger partial charge is 0.388 e. The van der Waals surface area contributed by atoms with Crippen molar-refractivity contribution >= 4 is 22.1 Å². The Morgan fingerprint density at radius 2 is 1.88 bits per heavy atom. The summed E-state index contributed by atoms with van der Waals surface area (Å²) in [6, 6.07) is 16.6. The highest BCUT2D eigenvalue weighted by atomic mass is 19.4. The van der Waals surface area contributed by atoms with E-state index in [2.05, 4.69) is 5.32 Å². The quantitative estimate of drug-likeness (QED) is 0.382. The van der Waals surface area contributed by atoms with Crippen molar-refractivity contribution < 1.29 is 23.2 Å². The molecule has 0 spiro atoms. The van der Waals surface area contributed by atoms with E-state index < -0.39 is 28.5 Å². The van der Waals surface area contributed by atoms with Crippen molar-refractivity contribution in [3.8, 4) is 0 Å². The average Bonchev–Trinajstić information content (AvgIpc) is 3.26. The minimum Gasteiger partial charge on any atom is -0.388 e. The molecule has 1 aliphatic heterocycles. The maximum atomic E-state index is 13.5. The SMILES string of the molecule is O=[N+]([O-])c1ccc(N2CCC(NCCC(O)c3ccc4ccccc4c3)C2)c(C(F)(F)F)c1. The summed E-state index contributed by atoms with van der Waals surface area (Å²) >= 11 is 0. The fraction of sp³-hybridized carbons (Fsp3) is 0.333. The fourth-order valence-electron chi connectivity index (χ4n) is 4.29. The van der Waals surface area contributed by atoms with Crippen molar-refractivity contribution in [2.24, 2.45) is 0 Å². The van der Waals surface area contributed by atoms with Gasteiger partial charge >= 0.3 is 6.18 Å². The average molecular weight is 459 g/mol. The number of nitrogens with zero attached hydrogens (tertiary/aromatic N) is 2. The van der Waals surface area contributed by atoms with Crippen LogP contribution in [-0.4, -0.2) is 35.7 Å². The molecule has 33 heavy (non-hydrogen) atoms. The third kappa shape index (κ3) is 5.26. The zero-order valence-corrected chi connectivity index (χ0v) is 17.8. The van der Waals surface area contributed by atoms with Crippen LogP contribution in [0, 0.1) is 10.1 Å². The van der Waals surface area contributed by atoms with Gasteiger partial charge in [-0.1, -0.05) is 36.4 Å². The molecule has 3 aromatic carbocycles. The standard InChI is InChI=1S/C24H24F3N3O3/c25-24(26,27)21-14-20(30(32)33)7-8-22(21)29-12-10-19(15-29)28-11-9-23(31)18-6-5-16-3-1-2-4-17(16)13-18/h1-8,13-14,19,23,28,31H,9-12,15H2. The van der Waals surface area contributed by atoms with Crippen LogP contribution in [0.15, 0.2) is 60.7 Å². The van der Waals surface area contributed by atoms with E-state index in [0.29, 0.717) is 38.5 Å². The Morgan fingerprint density at radius 1 is 1.12 bits per heavy atom. The van der Waals surface area contributed by atoms with E-state index in [-0.39, 0.29) is 11.7 Å². The van der Waals surface area contributed by atoms with E-state index in [1.165, 1.54) is 6.07 Å². The summed E-state index contributed by atoms with van der Waals surface area (Å²) in [6.07, 6.45) is -4.22. The van der Waals surface area contributed by atoms with Gasteiger partial charge in [0.15, 0.2) is 0 Å². The van der Waals surface area contributed by atoms with E-state index in [9.17, 15) is 28.4 Å². The van der Waals surface area contributed by atoms with Crippen molar-refractivity contribution in [3.05, 3.63) is 81.9 Å². The van der Waals surface area contributed by atoms with E-state index in [1.807, 2.05) is 42.5 Å².